The standard InChI is InChI=1S/C13H11BrN2O/c14-7-5-13(17)16-8-6-10-3-1-2-4-11(10)12(16)9-15/h1-4,6,8,12H,5,7H2/t12-/m1/s1. The average Bonchev–Trinajstić information content (AvgIpc) is 2.37. The van der Waals surface area contributed by atoms with Gasteiger partial charge in [-0.15, -0.1) is 0 Å². The monoisotopic (exact) mass is 290 g/mol. The van der Waals surface area contributed by atoms with Gasteiger partial charge in [-0.2, -0.15) is 5.26 Å². The average molecular weight is 291 g/mol. The first-order valence-electron chi connectivity index (χ1n) is 5.32. The number of nitrogens with zero attached hydrogens (tertiary/aromatic N) is 2. The van der Waals surface area contributed by atoms with Crippen molar-refractivity contribution in [3.05, 3.63) is 41.6 Å². The van der Waals surface area contributed by atoms with E-state index in [0.717, 1.165) is 11.1 Å². The van der Waals surface area contributed by atoms with Crippen molar-refractivity contribution in [1.82, 2.24) is 4.90 Å². The number of hydrogen-bond acceptors (Lipinski definition) is 2. The van der Waals surface area contributed by atoms with Gasteiger partial charge in [0.2, 0.25) is 5.91 Å². The molecule has 4 heteroatoms. The number of amides is 1. The molecular weight excluding hydrogens is 280 g/mol. The highest BCUT2D eigenvalue weighted by atomic mass is 79.9. The molecule has 1 heterocycles. The number of fused-ring (bicyclic) bond motifs is 1. The summed E-state index contributed by atoms with van der Waals surface area (Å²) in [5.41, 5.74) is 1.89. The molecular formula is C13H11BrN2O. The first-order valence-corrected chi connectivity index (χ1v) is 6.44. The molecule has 2 rings (SSSR count). The van der Waals surface area contributed by atoms with Gasteiger partial charge in [0.05, 0.1) is 6.07 Å². The molecule has 3 nitrogen and oxygen atoms in total. The van der Waals surface area contributed by atoms with Crippen LogP contribution in [0.25, 0.3) is 6.08 Å². The van der Waals surface area contributed by atoms with E-state index in [-0.39, 0.29) is 5.91 Å². The van der Waals surface area contributed by atoms with Gasteiger partial charge in [-0.1, -0.05) is 40.2 Å². The number of nitriles is 1. The molecule has 0 spiro atoms. The predicted molar refractivity (Wildman–Crippen MR) is 69.1 cm³/mol. The van der Waals surface area contributed by atoms with Gasteiger partial charge in [0.1, 0.15) is 6.04 Å². The summed E-state index contributed by atoms with van der Waals surface area (Å²) in [4.78, 5) is 13.4. The van der Waals surface area contributed by atoms with Gasteiger partial charge in [-0.3, -0.25) is 9.69 Å². The third kappa shape index (κ3) is 2.25. The molecule has 0 saturated heterocycles. The molecule has 1 aliphatic heterocycles. The van der Waals surface area contributed by atoms with Crippen molar-refractivity contribution >= 4 is 27.9 Å². The minimum Gasteiger partial charge on any atom is -0.298 e. The summed E-state index contributed by atoms with van der Waals surface area (Å²) in [5, 5.41) is 9.84. The normalized spacial score (nSPS) is 17.4. The highest BCUT2D eigenvalue weighted by Gasteiger charge is 2.26. The van der Waals surface area contributed by atoms with Crippen molar-refractivity contribution in [3.8, 4) is 6.07 Å². The van der Waals surface area contributed by atoms with Crippen LogP contribution in [0, 0.1) is 11.3 Å². The topological polar surface area (TPSA) is 44.1 Å². The van der Waals surface area contributed by atoms with Crippen LogP contribution in [0.15, 0.2) is 30.5 Å². The van der Waals surface area contributed by atoms with E-state index in [0.29, 0.717) is 11.8 Å². The molecule has 0 unspecified atom stereocenters. The summed E-state index contributed by atoms with van der Waals surface area (Å²) in [5.74, 6) is -0.0424. The van der Waals surface area contributed by atoms with E-state index in [1.807, 2.05) is 30.3 Å². The maximum atomic E-state index is 11.9. The molecule has 0 saturated carbocycles. The smallest absolute Gasteiger partial charge is 0.228 e. The van der Waals surface area contributed by atoms with Crippen LogP contribution in [-0.4, -0.2) is 16.1 Å². The highest BCUT2D eigenvalue weighted by molar-refractivity contribution is 9.09. The fourth-order valence-corrected chi connectivity index (χ4v) is 2.22. The van der Waals surface area contributed by atoms with Crippen molar-refractivity contribution in [2.75, 3.05) is 5.33 Å². The van der Waals surface area contributed by atoms with Crippen molar-refractivity contribution in [2.45, 2.75) is 12.5 Å². The van der Waals surface area contributed by atoms with E-state index in [1.54, 1.807) is 6.20 Å². The first kappa shape index (κ1) is 11.9. The van der Waals surface area contributed by atoms with E-state index in [1.165, 1.54) is 4.90 Å². The Balaban J connectivity index is 2.36. The number of alkyl halides is 1. The Kier molecular flexibility index (Phi) is 3.60. The summed E-state index contributed by atoms with van der Waals surface area (Å²) < 4.78 is 0. The fourth-order valence-electron chi connectivity index (χ4n) is 1.88. The van der Waals surface area contributed by atoms with Crippen LogP contribution in [0.2, 0.25) is 0 Å². The van der Waals surface area contributed by atoms with E-state index in [9.17, 15) is 10.1 Å². The number of carbonyl (C=O) groups is 1. The maximum Gasteiger partial charge on any atom is 0.228 e. The summed E-state index contributed by atoms with van der Waals surface area (Å²) in [6, 6.07) is 9.32. The van der Waals surface area contributed by atoms with Gasteiger partial charge in [0.25, 0.3) is 0 Å². The molecule has 0 fully saturated rings. The lowest BCUT2D eigenvalue weighted by Crippen LogP contribution is -2.31. The first-order chi connectivity index (χ1) is 8.27. The number of hydrogen-bond donors (Lipinski definition) is 0. The number of benzene rings is 1. The molecule has 0 aromatic heterocycles. The number of halogens is 1. The zero-order valence-corrected chi connectivity index (χ0v) is 10.7. The molecule has 1 amide bonds. The van der Waals surface area contributed by atoms with Crippen LogP contribution in [-0.2, 0) is 4.79 Å². The zero-order chi connectivity index (χ0) is 12.3. The Morgan fingerprint density at radius 2 is 2.24 bits per heavy atom. The minimum atomic E-state index is -0.511. The molecule has 1 atom stereocenters. The molecule has 1 aromatic rings. The molecule has 0 aliphatic carbocycles. The molecule has 1 aromatic carbocycles. The number of carbonyl (C=O) groups excluding carboxylic acids is 1. The highest BCUT2D eigenvalue weighted by Crippen LogP contribution is 2.30. The van der Waals surface area contributed by atoms with Gasteiger partial charge in [-0.05, 0) is 17.2 Å². The van der Waals surface area contributed by atoms with Crippen LogP contribution in [0.5, 0.6) is 0 Å². The second-order valence-corrected chi connectivity index (χ2v) is 4.51. The molecule has 86 valence electrons. The second-order valence-electron chi connectivity index (χ2n) is 3.72. The Labute approximate surface area is 108 Å². The third-order valence-corrected chi connectivity index (χ3v) is 3.10. The van der Waals surface area contributed by atoms with E-state index in [4.69, 9.17) is 0 Å². The molecule has 0 bridgehead atoms. The second kappa shape index (κ2) is 5.15. The predicted octanol–water partition coefficient (Wildman–Crippen LogP) is 2.85. The zero-order valence-electron chi connectivity index (χ0n) is 9.14. The summed E-state index contributed by atoms with van der Waals surface area (Å²) in [6.07, 6.45) is 3.96. The van der Waals surface area contributed by atoms with Gasteiger partial charge >= 0.3 is 0 Å². The fraction of sp³-hybridized carbons (Fsp3) is 0.231. The van der Waals surface area contributed by atoms with E-state index < -0.39 is 6.04 Å². The Morgan fingerprint density at radius 3 is 2.94 bits per heavy atom. The Hall–Kier alpha value is -1.60. The van der Waals surface area contributed by atoms with Gasteiger partial charge in [-0.25, -0.2) is 0 Å². The largest absolute Gasteiger partial charge is 0.298 e. The van der Waals surface area contributed by atoms with Crippen LogP contribution in [0.4, 0.5) is 0 Å². The van der Waals surface area contributed by atoms with Crippen LogP contribution < -0.4 is 0 Å². The van der Waals surface area contributed by atoms with Crippen molar-refractivity contribution in [3.63, 3.8) is 0 Å². The Bertz CT molecular complexity index is 504. The van der Waals surface area contributed by atoms with E-state index >= 15 is 0 Å². The van der Waals surface area contributed by atoms with Crippen molar-refractivity contribution < 1.29 is 4.79 Å². The van der Waals surface area contributed by atoms with Crippen molar-refractivity contribution in [1.29, 1.82) is 5.26 Å². The maximum absolute atomic E-state index is 11.9. The van der Waals surface area contributed by atoms with Crippen LogP contribution in [0.3, 0.4) is 0 Å². The van der Waals surface area contributed by atoms with Crippen LogP contribution in [0.1, 0.15) is 23.6 Å². The summed E-state index contributed by atoms with van der Waals surface area (Å²) >= 11 is 3.24. The lowest BCUT2D eigenvalue weighted by Gasteiger charge is -2.28. The summed E-state index contributed by atoms with van der Waals surface area (Å²) in [7, 11) is 0. The number of rotatable bonds is 2. The molecule has 0 N–H and O–H groups in total. The van der Waals surface area contributed by atoms with Gasteiger partial charge < -0.3 is 0 Å². The van der Waals surface area contributed by atoms with Gasteiger partial charge in [0.15, 0.2) is 0 Å². The molecule has 0 radical (unpaired) electrons. The summed E-state index contributed by atoms with van der Waals surface area (Å²) in [6.45, 7) is 0. The van der Waals surface area contributed by atoms with Crippen molar-refractivity contribution in [2.24, 2.45) is 0 Å². The Morgan fingerprint density at radius 1 is 1.47 bits per heavy atom. The SMILES string of the molecule is N#C[C@@H]1c2ccccc2C=CN1C(=O)CCBr. The minimum absolute atomic E-state index is 0.0424. The van der Waals surface area contributed by atoms with Crippen LogP contribution >= 0.6 is 15.9 Å². The molecule has 1 aliphatic rings. The lowest BCUT2D eigenvalue weighted by molar-refractivity contribution is -0.129. The quantitative estimate of drug-likeness (QED) is 0.786. The molecule has 17 heavy (non-hydrogen) atoms. The van der Waals surface area contributed by atoms with E-state index in [2.05, 4.69) is 22.0 Å². The lowest BCUT2D eigenvalue weighted by atomic mass is 9.97. The third-order valence-electron chi connectivity index (χ3n) is 2.70. The van der Waals surface area contributed by atoms with Gasteiger partial charge in [0, 0.05) is 18.0 Å².